The van der Waals surface area contributed by atoms with Crippen LogP contribution in [0.5, 0.6) is 0 Å². The molecule has 2 heteroatoms. The van der Waals surface area contributed by atoms with Gasteiger partial charge in [0, 0.05) is 25.2 Å². The van der Waals surface area contributed by atoms with Crippen molar-refractivity contribution in [1.82, 2.24) is 10.2 Å². The minimum absolute atomic E-state index is 0.759. The van der Waals surface area contributed by atoms with E-state index in [9.17, 15) is 0 Å². The largest absolute Gasteiger partial charge is 0.311 e. The summed E-state index contributed by atoms with van der Waals surface area (Å²) < 4.78 is 0. The summed E-state index contributed by atoms with van der Waals surface area (Å²) in [6.45, 7) is 8.51. The van der Waals surface area contributed by atoms with Crippen molar-refractivity contribution in [2.24, 2.45) is 5.92 Å². The minimum Gasteiger partial charge on any atom is -0.311 e. The van der Waals surface area contributed by atoms with Gasteiger partial charge in [0.25, 0.3) is 0 Å². The van der Waals surface area contributed by atoms with Crippen molar-refractivity contribution in [2.45, 2.75) is 45.2 Å². The first kappa shape index (κ1) is 9.47. The maximum Gasteiger partial charge on any atom is 0.0221 e. The van der Waals surface area contributed by atoms with Crippen molar-refractivity contribution in [3.8, 4) is 0 Å². The third-order valence-corrected chi connectivity index (χ3v) is 3.35. The Labute approximate surface area is 81.7 Å². The van der Waals surface area contributed by atoms with Gasteiger partial charge in [0.15, 0.2) is 0 Å². The Kier molecular flexibility index (Phi) is 2.89. The summed E-state index contributed by atoms with van der Waals surface area (Å²) >= 11 is 0. The van der Waals surface area contributed by atoms with E-state index in [1.54, 1.807) is 0 Å². The molecular weight excluding hydrogens is 160 g/mol. The van der Waals surface area contributed by atoms with Crippen LogP contribution < -0.4 is 5.32 Å². The molecule has 0 bridgehead atoms. The zero-order chi connectivity index (χ0) is 9.26. The fourth-order valence-corrected chi connectivity index (χ4v) is 2.74. The predicted octanol–water partition coefficient (Wildman–Crippen LogP) is 1.47. The zero-order valence-corrected chi connectivity index (χ0v) is 8.92. The first-order valence-corrected chi connectivity index (χ1v) is 5.73. The SMILES string of the molecule is CC(C)C[C@H]1CN2CCC[C@@H]2CN1. The summed E-state index contributed by atoms with van der Waals surface area (Å²) in [5.41, 5.74) is 0. The number of rotatable bonds is 2. The molecule has 1 N–H and O–H groups in total. The van der Waals surface area contributed by atoms with Crippen molar-refractivity contribution in [1.29, 1.82) is 0 Å². The molecule has 0 aromatic rings. The highest BCUT2D eigenvalue weighted by Crippen LogP contribution is 2.21. The molecule has 0 aromatic carbocycles. The van der Waals surface area contributed by atoms with Gasteiger partial charge in [-0.1, -0.05) is 13.8 Å². The molecule has 0 unspecified atom stereocenters. The van der Waals surface area contributed by atoms with Crippen LogP contribution in [0.1, 0.15) is 33.1 Å². The second-order valence-corrected chi connectivity index (χ2v) is 5.03. The average Bonchev–Trinajstić information content (AvgIpc) is 2.49. The molecule has 2 aliphatic heterocycles. The van der Waals surface area contributed by atoms with Crippen molar-refractivity contribution < 1.29 is 0 Å². The number of hydrogen-bond acceptors (Lipinski definition) is 2. The fourth-order valence-electron chi connectivity index (χ4n) is 2.74. The lowest BCUT2D eigenvalue weighted by molar-refractivity contribution is 0.162. The van der Waals surface area contributed by atoms with E-state index >= 15 is 0 Å². The van der Waals surface area contributed by atoms with Gasteiger partial charge in [0.05, 0.1) is 0 Å². The minimum atomic E-state index is 0.759. The third-order valence-electron chi connectivity index (χ3n) is 3.35. The molecule has 2 nitrogen and oxygen atoms in total. The second kappa shape index (κ2) is 3.97. The number of hydrogen-bond donors (Lipinski definition) is 1. The number of piperazine rings is 1. The number of nitrogens with one attached hydrogen (secondary N) is 1. The average molecular weight is 182 g/mol. The smallest absolute Gasteiger partial charge is 0.0221 e. The van der Waals surface area contributed by atoms with Gasteiger partial charge in [-0.25, -0.2) is 0 Å². The van der Waals surface area contributed by atoms with Crippen LogP contribution in [0.3, 0.4) is 0 Å². The van der Waals surface area contributed by atoms with Gasteiger partial charge in [-0.05, 0) is 31.7 Å². The molecule has 2 fully saturated rings. The van der Waals surface area contributed by atoms with E-state index < -0.39 is 0 Å². The van der Waals surface area contributed by atoms with Gasteiger partial charge in [0.1, 0.15) is 0 Å². The van der Waals surface area contributed by atoms with Crippen molar-refractivity contribution in [2.75, 3.05) is 19.6 Å². The van der Waals surface area contributed by atoms with E-state index in [0.29, 0.717) is 0 Å². The maximum absolute atomic E-state index is 3.68. The highest BCUT2D eigenvalue weighted by Gasteiger charge is 2.30. The molecule has 0 spiro atoms. The van der Waals surface area contributed by atoms with E-state index in [2.05, 4.69) is 24.1 Å². The Hall–Kier alpha value is -0.0800. The summed E-state index contributed by atoms with van der Waals surface area (Å²) in [7, 11) is 0. The lowest BCUT2D eigenvalue weighted by Crippen LogP contribution is -2.54. The molecular formula is C11H22N2. The molecule has 2 saturated heterocycles. The molecule has 0 saturated carbocycles. The lowest BCUT2D eigenvalue weighted by atomic mass is 10.0. The van der Waals surface area contributed by atoms with Crippen molar-refractivity contribution in [3.63, 3.8) is 0 Å². The highest BCUT2D eigenvalue weighted by molar-refractivity contribution is 4.90. The van der Waals surface area contributed by atoms with Crippen LogP contribution in [0.2, 0.25) is 0 Å². The summed E-state index contributed by atoms with van der Waals surface area (Å²) in [5, 5.41) is 3.68. The van der Waals surface area contributed by atoms with Crippen molar-refractivity contribution >= 4 is 0 Å². The predicted molar refractivity (Wildman–Crippen MR) is 55.8 cm³/mol. The molecule has 0 aromatic heterocycles. The molecule has 0 aliphatic carbocycles. The van der Waals surface area contributed by atoms with Crippen LogP contribution in [-0.2, 0) is 0 Å². The summed E-state index contributed by atoms with van der Waals surface area (Å²) in [6, 6.07) is 1.62. The van der Waals surface area contributed by atoms with Gasteiger partial charge < -0.3 is 5.32 Å². The summed E-state index contributed by atoms with van der Waals surface area (Å²) in [6.07, 6.45) is 4.17. The Morgan fingerprint density at radius 2 is 2.31 bits per heavy atom. The van der Waals surface area contributed by atoms with E-state index in [1.165, 1.54) is 38.9 Å². The zero-order valence-electron chi connectivity index (χ0n) is 8.92. The van der Waals surface area contributed by atoms with Crippen LogP contribution in [0.4, 0.5) is 0 Å². The normalized spacial score (nSPS) is 35.3. The van der Waals surface area contributed by atoms with Crippen LogP contribution in [0, 0.1) is 5.92 Å². The monoisotopic (exact) mass is 182 g/mol. The summed E-state index contributed by atoms with van der Waals surface area (Å²) in [4.78, 5) is 2.68. The maximum atomic E-state index is 3.68. The lowest BCUT2D eigenvalue weighted by Gasteiger charge is -2.36. The molecule has 76 valence electrons. The molecule has 13 heavy (non-hydrogen) atoms. The third kappa shape index (κ3) is 2.23. The fraction of sp³-hybridized carbons (Fsp3) is 1.00. The van der Waals surface area contributed by atoms with E-state index in [1.807, 2.05) is 0 Å². The Morgan fingerprint density at radius 1 is 1.46 bits per heavy atom. The number of fused-ring (bicyclic) bond motifs is 1. The quantitative estimate of drug-likeness (QED) is 0.695. The van der Waals surface area contributed by atoms with Crippen LogP contribution in [0.25, 0.3) is 0 Å². The molecule has 0 radical (unpaired) electrons. The summed E-state index contributed by atoms with van der Waals surface area (Å²) in [5.74, 6) is 0.830. The number of nitrogens with zero attached hydrogens (tertiary/aromatic N) is 1. The molecule has 2 rings (SSSR count). The topological polar surface area (TPSA) is 15.3 Å². The van der Waals surface area contributed by atoms with Gasteiger partial charge in [-0.2, -0.15) is 0 Å². The van der Waals surface area contributed by atoms with Crippen LogP contribution >= 0.6 is 0 Å². The van der Waals surface area contributed by atoms with E-state index in [4.69, 9.17) is 0 Å². The second-order valence-electron chi connectivity index (χ2n) is 5.03. The molecule has 2 atom stereocenters. The highest BCUT2D eigenvalue weighted by atomic mass is 15.2. The van der Waals surface area contributed by atoms with Gasteiger partial charge in [-0.3, -0.25) is 4.90 Å². The first-order chi connectivity index (χ1) is 6.25. The van der Waals surface area contributed by atoms with Gasteiger partial charge >= 0.3 is 0 Å². The Balaban J connectivity index is 1.83. The van der Waals surface area contributed by atoms with E-state index in [0.717, 1.165) is 18.0 Å². The van der Waals surface area contributed by atoms with Crippen LogP contribution in [-0.4, -0.2) is 36.6 Å². The van der Waals surface area contributed by atoms with Crippen molar-refractivity contribution in [3.05, 3.63) is 0 Å². The Morgan fingerprint density at radius 3 is 3.08 bits per heavy atom. The molecule has 0 amide bonds. The molecule has 2 aliphatic rings. The van der Waals surface area contributed by atoms with E-state index in [-0.39, 0.29) is 0 Å². The molecule has 2 heterocycles. The van der Waals surface area contributed by atoms with Gasteiger partial charge in [0.2, 0.25) is 0 Å². The first-order valence-electron chi connectivity index (χ1n) is 5.73. The Bertz CT molecular complexity index is 167. The standard InChI is InChI=1S/C11H22N2/c1-9(2)6-10-8-13-5-3-4-11(13)7-12-10/h9-12H,3-8H2,1-2H3/t10-,11+/m0/s1. The van der Waals surface area contributed by atoms with Gasteiger partial charge in [-0.15, -0.1) is 0 Å². The van der Waals surface area contributed by atoms with Crippen LogP contribution in [0.15, 0.2) is 0 Å².